The molecule has 1 aliphatic heterocycles. The van der Waals surface area contributed by atoms with Crippen molar-refractivity contribution in [3.63, 3.8) is 0 Å². The highest BCUT2D eigenvalue weighted by atomic mass is 32.1. The summed E-state index contributed by atoms with van der Waals surface area (Å²) >= 11 is 1.36. The Morgan fingerprint density at radius 2 is 2.20 bits per heavy atom. The molecule has 1 fully saturated rings. The van der Waals surface area contributed by atoms with E-state index >= 15 is 0 Å². The van der Waals surface area contributed by atoms with Gasteiger partial charge in [-0.2, -0.15) is 0 Å². The SMILES string of the molecule is CC1CN(C(=O)c2sccc2C=CC(=O)O)CCN1C. The molecule has 0 aromatic carbocycles. The van der Waals surface area contributed by atoms with Crippen molar-refractivity contribution in [1.82, 2.24) is 9.80 Å². The molecule has 0 bridgehead atoms. The summed E-state index contributed by atoms with van der Waals surface area (Å²) in [6.07, 6.45) is 2.54. The van der Waals surface area contributed by atoms with Gasteiger partial charge in [0, 0.05) is 31.8 Å². The Morgan fingerprint density at radius 3 is 2.85 bits per heavy atom. The van der Waals surface area contributed by atoms with E-state index in [4.69, 9.17) is 5.11 Å². The zero-order chi connectivity index (χ0) is 14.7. The first-order valence-corrected chi connectivity index (χ1v) is 7.35. The van der Waals surface area contributed by atoms with E-state index < -0.39 is 5.97 Å². The average molecular weight is 294 g/mol. The lowest BCUT2D eigenvalue weighted by Crippen LogP contribution is -2.51. The number of amides is 1. The average Bonchev–Trinajstić information content (AvgIpc) is 2.87. The quantitative estimate of drug-likeness (QED) is 0.861. The topological polar surface area (TPSA) is 60.9 Å². The molecule has 1 unspecified atom stereocenters. The fraction of sp³-hybridized carbons (Fsp3) is 0.429. The number of carboxylic acid groups (broad SMARTS) is 1. The van der Waals surface area contributed by atoms with E-state index in [-0.39, 0.29) is 5.91 Å². The minimum Gasteiger partial charge on any atom is -0.478 e. The van der Waals surface area contributed by atoms with Crippen LogP contribution in [-0.4, -0.2) is 59.5 Å². The van der Waals surface area contributed by atoms with Gasteiger partial charge in [-0.15, -0.1) is 11.3 Å². The summed E-state index contributed by atoms with van der Waals surface area (Å²) in [5.74, 6) is -1.02. The van der Waals surface area contributed by atoms with Gasteiger partial charge in [0.15, 0.2) is 0 Å². The van der Waals surface area contributed by atoms with Gasteiger partial charge in [0.25, 0.3) is 5.91 Å². The molecular weight excluding hydrogens is 276 g/mol. The maximum atomic E-state index is 12.5. The predicted octanol–water partition coefficient (Wildman–Crippen LogP) is 1.62. The number of rotatable bonds is 3. The van der Waals surface area contributed by atoms with E-state index in [1.807, 2.05) is 10.3 Å². The minimum atomic E-state index is -1.01. The third-order valence-corrected chi connectivity index (χ3v) is 4.46. The molecule has 2 rings (SSSR count). The Hall–Kier alpha value is -1.66. The number of aliphatic carboxylic acids is 1. The second-order valence-corrected chi connectivity index (χ2v) is 5.87. The van der Waals surface area contributed by atoms with Crippen LogP contribution in [0.4, 0.5) is 0 Å². The van der Waals surface area contributed by atoms with Gasteiger partial charge in [-0.25, -0.2) is 4.79 Å². The molecule has 0 saturated carbocycles. The molecule has 1 N–H and O–H groups in total. The van der Waals surface area contributed by atoms with Crippen LogP contribution in [0.15, 0.2) is 17.5 Å². The first-order chi connectivity index (χ1) is 9.49. The van der Waals surface area contributed by atoms with Crippen LogP contribution in [0.5, 0.6) is 0 Å². The summed E-state index contributed by atoms with van der Waals surface area (Å²) < 4.78 is 0. The maximum absolute atomic E-state index is 12.5. The first-order valence-electron chi connectivity index (χ1n) is 6.47. The third kappa shape index (κ3) is 3.26. The Balaban J connectivity index is 2.14. The van der Waals surface area contributed by atoms with Crippen LogP contribution >= 0.6 is 11.3 Å². The molecule has 5 nitrogen and oxygen atoms in total. The second kappa shape index (κ2) is 6.19. The molecule has 108 valence electrons. The lowest BCUT2D eigenvalue weighted by atomic mass is 10.1. The number of carbonyl (C=O) groups is 2. The summed E-state index contributed by atoms with van der Waals surface area (Å²) in [7, 11) is 2.05. The van der Waals surface area contributed by atoms with E-state index in [9.17, 15) is 9.59 Å². The molecular formula is C14H18N2O3S. The molecule has 6 heteroatoms. The van der Waals surface area contributed by atoms with Crippen LogP contribution in [0.2, 0.25) is 0 Å². The summed E-state index contributed by atoms with van der Waals surface area (Å²) in [5.41, 5.74) is 0.675. The van der Waals surface area contributed by atoms with Crippen molar-refractivity contribution in [2.75, 3.05) is 26.7 Å². The van der Waals surface area contributed by atoms with Crippen molar-refractivity contribution in [3.05, 3.63) is 28.0 Å². The van der Waals surface area contributed by atoms with Crippen molar-refractivity contribution < 1.29 is 14.7 Å². The molecule has 0 spiro atoms. The van der Waals surface area contributed by atoms with Crippen molar-refractivity contribution in [1.29, 1.82) is 0 Å². The second-order valence-electron chi connectivity index (χ2n) is 4.96. The highest BCUT2D eigenvalue weighted by molar-refractivity contribution is 7.12. The fourth-order valence-corrected chi connectivity index (χ4v) is 3.01. The van der Waals surface area contributed by atoms with Gasteiger partial charge < -0.3 is 14.9 Å². The summed E-state index contributed by atoms with van der Waals surface area (Å²) in [6.45, 7) is 4.37. The lowest BCUT2D eigenvalue weighted by molar-refractivity contribution is -0.131. The molecule has 2 heterocycles. The number of hydrogen-bond donors (Lipinski definition) is 1. The van der Waals surface area contributed by atoms with Gasteiger partial charge in [-0.3, -0.25) is 4.79 Å². The molecule has 0 aliphatic carbocycles. The highest BCUT2D eigenvalue weighted by Gasteiger charge is 2.26. The van der Waals surface area contributed by atoms with Gasteiger partial charge >= 0.3 is 5.97 Å². The molecule has 1 amide bonds. The number of nitrogens with zero attached hydrogens (tertiary/aromatic N) is 2. The highest BCUT2D eigenvalue weighted by Crippen LogP contribution is 2.22. The molecule has 1 atom stereocenters. The van der Waals surface area contributed by atoms with Crippen molar-refractivity contribution >= 4 is 29.3 Å². The van der Waals surface area contributed by atoms with Crippen LogP contribution < -0.4 is 0 Å². The fourth-order valence-electron chi connectivity index (χ4n) is 2.16. The zero-order valence-electron chi connectivity index (χ0n) is 11.6. The zero-order valence-corrected chi connectivity index (χ0v) is 12.4. The van der Waals surface area contributed by atoms with Crippen molar-refractivity contribution in [2.45, 2.75) is 13.0 Å². The van der Waals surface area contributed by atoms with Gasteiger partial charge in [-0.1, -0.05) is 0 Å². The molecule has 1 aliphatic rings. The van der Waals surface area contributed by atoms with Crippen LogP contribution in [-0.2, 0) is 4.79 Å². The van der Waals surface area contributed by atoms with Crippen LogP contribution in [0.1, 0.15) is 22.2 Å². The normalized spacial score (nSPS) is 20.5. The molecule has 1 aromatic heterocycles. The number of piperazine rings is 1. The van der Waals surface area contributed by atoms with Gasteiger partial charge in [0.1, 0.15) is 0 Å². The molecule has 1 saturated heterocycles. The maximum Gasteiger partial charge on any atom is 0.328 e. The predicted molar refractivity (Wildman–Crippen MR) is 79.0 cm³/mol. The Kier molecular flexibility index (Phi) is 4.57. The first kappa shape index (κ1) is 14.7. The summed E-state index contributed by atoms with van der Waals surface area (Å²) in [5, 5.41) is 10.5. The largest absolute Gasteiger partial charge is 0.478 e. The van der Waals surface area contributed by atoms with E-state index in [1.54, 1.807) is 6.07 Å². The number of thiophene rings is 1. The van der Waals surface area contributed by atoms with Crippen LogP contribution in [0.3, 0.4) is 0 Å². The van der Waals surface area contributed by atoms with Crippen LogP contribution in [0, 0.1) is 0 Å². The number of carbonyl (C=O) groups excluding carboxylic acids is 1. The molecule has 0 radical (unpaired) electrons. The van der Waals surface area contributed by atoms with Crippen LogP contribution in [0.25, 0.3) is 6.08 Å². The summed E-state index contributed by atoms with van der Waals surface area (Å²) in [4.78, 5) is 27.8. The Labute approximate surface area is 122 Å². The lowest BCUT2D eigenvalue weighted by Gasteiger charge is -2.37. The van der Waals surface area contributed by atoms with E-state index in [0.717, 1.165) is 12.6 Å². The van der Waals surface area contributed by atoms with Gasteiger partial charge in [0.05, 0.1) is 4.88 Å². The van der Waals surface area contributed by atoms with Gasteiger partial charge in [0.2, 0.25) is 0 Å². The third-order valence-electron chi connectivity index (χ3n) is 3.54. The van der Waals surface area contributed by atoms with Crippen molar-refractivity contribution in [3.8, 4) is 0 Å². The van der Waals surface area contributed by atoms with E-state index in [1.165, 1.54) is 17.4 Å². The van der Waals surface area contributed by atoms with E-state index in [2.05, 4.69) is 18.9 Å². The van der Waals surface area contributed by atoms with Crippen molar-refractivity contribution in [2.24, 2.45) is 0 Å². The smallest absolute Gasteiger partial charge is 0.328 e. The number of hydrogen-bond acceptors (Lipinski definition) is 4. The monoisotopic (exact) mass is 294 g/mol. The minimum absolute atomic E-state index is 0.00927. The molecule has 20 heavy (non-hydrogen) atoms. The van der Waals surface area contributed by atoms with E-state index in [0.29, 0.717) is 29.6 Å². The number of carboxylic acids is 1. The summed E-state index contributed by atoms with van der Waals surface area (Å²) in [6, 6.07) is 2.11. The standard InChI is InChI=1S/C14H18N2O3S/c1-10-9-16(7-6-15(10)2)14(19)13-11(5-8-20-13)3-4-12(17)18/h3-5,8,10H,6-7,9H2,1-2H3,(H,17,18). The molecule has 1 aromatic rings. The Morgan fingerprint density at radius 1 is 1.45 bits per heavy atom. The van der Waals surface area contributed by atoms with Gasteiger partial charge in [-0.05, 0) is 37.1 Å². The Bertz CT molecular complexity index is 538. The number of likely N-dealkylation sites (N-methyl/N-ethyl adjacent to an activating group) is 1.